The highest BCUT2D eigenvalue weighted by Gasteiger charge is 2.20. The summed E-state index contributed by atoms with van der Waals surface area (Å²) in [4.78, 5) is 8.53. The Balaban J connectivity index is 1.56. The zero-order chi connectivity index (χ0) is 13.4. The first-order valence-electron chi connectivity index (χ1n) is 6.72. The summed E-state index contributed by atoms with van der Waals surface area (Å²) in [6.45, 7) is 4.12. The maximum atomic E-state index is 4.62. The topological polar surface area (TPSA) is 21.1 Å². The molecule has 0 aromatic carbocycles. The Labute approximate surface area is 126 Å². The molecule has 4 rings (SSSR count). The number of imidazole rings is 1. The molecule has 1 aliphatic heterocycles. The van der Waals surface area contributed by atoms with E-state index in [1.165, 1.54) is 22.0 Å². The van der Waals surface area contributed by atoms with Crippen molar-refractivity contribution in [3.05, 3.63) is 51.2 Å². The molecule has 0 spiro atoms. The first-order chi connectivity index (χ1) is 9.90. The number of fused-ring (bicyclic) bond motifs is 1. The van der Waals surface area contributed by atoms with E-state index < -0.39 is 0 Å². The predicted octanol–water partition coefficient (Wildman–Crippen LogP) is 3.69. The molecule has 0 aliphatic carbocycles. The van der Waals surface area contributed by atoms with Crippen LogP contribution < -0.4 is 0 Å². The fourth-order valence-corrected chi connectivity index (χ4v) is 4.10. The summed E-state index contributed by atoms with van der Waals surface area (Å²) in [5.74, 6) is 1.19. The van der Waals surface area contributed by atoms with Crippen LogP contribution in [-0.4, -0.2) is 21.0 Å². The third-order valence-electron chi connectivity index (χ3n) is 3.72. The minimum Gasteiger partial charge on any atom is -0.326 e. The normalized spacial score (nSPS) is 15.4. The Morgan fingerprint density at radius 3 is 3.00 bits per heavy atom. The monoisotopic (exact) mass is 301 g/mol. The van der Waals surface area contributed by atoms with E-state index in [1.54, 1.807) is 11.3 Å². The average Bonchev–Trinajstić information content (AvgIpc) is 3.19. The molecule has 20 heavy (non-hydrogen) atoms. The molecule has 0 radical (unpaired) electrons. The average molecular weight is 301 g/mol. The molecule has 0 unspecified atom stereocenters. The Hall–Kier alpha value is -1.43. The summed E-state index contributed by atoms with van der Waals surface area (Å²) >= 11 is 3.58. The Bertz CT molecular complexity index is 683. The minimum absolute atomic E-state index is 0.946. The van der Waals surface area contributed by atoms with Gasteiger partial charge in [-0.15, -0.1) is 11.3 Å². The molecule has 4 heterocycles. The van der Waals surface area contributed by atoms with Gasteiger partial charge in [-0.05, 0) is 22.9 Å². The number of nitrogens with zero attached hydrogens (tertiary/aromatic N) is 3. The van der Waals surface area contributed by atoms with Gasteiger partial charge in [0.05, 0.1) is 18.4 Å². The molecular formula is C15H15N3S2. The van der Waals surface area contributed by atoms with Crippen LogP contribution in [0, 0.1) is 0 Å². The van der Waals surface area contributed by atoms with Crippen LogP contribution >= 0.6 is 22.7 Å². The number of hydrogen-bond acceptors (Lipinski definition) is 4. The van der Waals surface area contributed by atoms with Crippen molar-refractivity contribution >= 4 is 22.7 Å². The van der Waals surface area contributed by atoms with E-state index in [1.807, 2.05) is 17.5 Å². The number of thiophene rings is 2. The van der Waals surface area contributed by atoms with Crippen LogP contribution in [0.25, 0.3) is 11.3 Å². The van der Waals surface area contributed by atoms with E-state index in [4.69, 9.17) is 0 Å². The second-order valence-electron chi connectivity index (χ2n) is 5.01. The summed E-state index contributed by atoms with van der Waals surface area (Å²) in [6.07, 6.45) is 2.02. The zero-order valence-electron chi connectivity index (χ0n) is 11.0. The summed E-state index contributed by atoms with van der Waals surface area (Å²) in [7, 11) is 0. The standard InChI is InChI=1S/C15H15N3S2/c1-2-13(20-6-1)9-17-4-5-18-14(8-16-15(18)10-17)12-3-7-19-11-12/h1-3,6-8,11H,4-5,9-10H2. The second-order valence-corrected chi connectivity index (χ2v) is 6.83. The Kier molecular flexibility index (Phi) is 3.18. The van der Waals surface area contributed by atoms with Crippen LogP contribution in [-0.2, 0) is 19.6 Å². The molecule has 3 nitrogen and oxygen atoms in total. The largest absolute Gasteiger partial charge is 0.326 e. The predicted molar refractivity (Wildman–Crippen MR) is 84.0 cm³/mol. The summed E-state index contributed by atoms with van der Waals surface area (Å²) in [6, 6.07) is 6.51. The zero-order valence-corrected chi connectivity index (χ0v) is 12.7. The molecular weight excluding hydrogens is 286 g/mol. The molecule has 102 valence electrons. The van der Waals surface area contributed by atoms with Gasteiger partial charge in [-0.1, -0.05) is 6.07 Å². The van der Waals surface area contributed by atoms with Crippen molar-refractivity contribution < 1.29 is 0 Å². The lowest BCUT2D eigenvalue weighted by molar-refractivity contribution is 0.211. The molecule has 1 aliphatic rings. The van der Waals surface area contributed by atoms with Gasteiger partial charge in [0.1, 0.15) is 5.82 Å². The fraction of sp³-hybridized carbons (Fsp3) is 0.267. The molecule has 0 atom stereocenters. The van der Waals surface area contributed by atoms with E-state index in [0.29, 0.717) is 0 Å². The molecule has 3 aromatic rings. The second kappa shape index (κ2) is 5.16. The number of rotatable bonds is 3. The minimum atomic E-state index is 0.946. The first-order valence-corrected chi connectivity index (χ1v) is 8.54. The number of hydrogen-bond donors (Lipinski definition) is 0. The lowest BCUT2D eigenvalue weighted by Crippen LogP contribution is -2.33. The van der Waals surface area contributed by atoms with Crippen LogP contribution in [0.5, 0.6) is 0 Å². The van der Waals surface area contributed by atoms with Crippen molar-refractivity contribution in [2.75, 3.05) is 6.54 Å². The van der Waals surface area contributed by atoms with Gasteiger partial charge >= 0.3 is 0 Å². The third-order valence-corrected chi connectivity index (χ3v) is 5.26. The third kappa shape index (κ3) is 2.22. The van der Waals surface area contributed by atoms with Gasteiger partial charge in [0.2, 0.25) is 0 Å². The summed E-state index contributed by atoms with van der Waals surface area (Å²) in [5.41, 5.74) is 2.55. The lowest BCUT2D eigenvalue weighted by atomic mass is 10.2. The van der Waals surface area contributed by atoms with Crippen molar-refractivity contribution in [2.45, 2.75) is 19.6 Å². The van der Waals surface area contributed by atoms with Crippen molar-refractivity contribution in [3.63, 3.8) is 0 Å². The Morgan fingerprint density at radius 2 is 2.20 bits per heavy atom. The number of aromatic nitrogens is 2. The van der Waals surface area contributed by atoms with Gasteiger partial charge in [-0.3, -0.25) is 4.90 Å². The Morgan fingerprint density at radius 1 is 1.20 bits per heavy atom. The molecule has 0 bridgehead atoms. The van der Waals surface area contributed by atoms with Gasteiger partial charge in [0.15, 0.2) is 0 Å². The van der Waals surface area contributed by atoms with Crippen molar-refractivity contribution in [3.8, 4) is 11.3 Å². The van der Waals surface area contributed by atoms with Gasteiger partial charge in [0.25, 0.3) is 0 Å². The fourth-order valence-electron chi connectivity index (χ4n) is 2.71. The molecule has 0 amide bonds. The van der Waals surface area contributed by atoms with Gasteiger partial charge in [-0.2, -0.15) is 11.3 Å². The van der Waals surface area contributed by atoms with E-state index in [0.717, 1.165) is 26.2 Å². The van der Waals surface area contributed by atoms with E-state index in [9.17, 15) is 0 Å². The quantitative estimate of drug-likeness (QED) is 0.735. The van der Waals surface area contributed by atoms with Crippen LogP contribution in [0.4, 0.5) is 0 Å². The van der Waals surface area contributed by atoms with Crippen molar-refractivity contribution in [1.29, 1.82) is 0 Å². The highest BCUT2D eigenvalue weighted by molar-refractivity contribution is 7.09. The van der Waals surface area contributed by atoms with E-state index in [2.05, 4.69) is 48.8 Å². The molecule has 0 N–H and O–H groups in total. The molecule has 0 saturated heterocycles. The molecule has 0 fully saturated rings. The van der Waals surface area contributed by atoms with Crippen LogP contribution in [0.15, 0.2) is 40.5 Å². The van der Waals surface area contributed by atoms with Gasteiger partial charge in [0, 0.05) is 35.5 Å². The highest BCUT2D eigenvalue weighted by atomic mass is 32.1. The van der Waals surface area contributed by atoms with E-state index in [-0.39, 0.29) is 0 Å². The lowest BCUT2D eigenvalue weighted by Gasteiger charge is -2.28. The van der Waals surface area contributed by atoms with Crippen LogP contribution in [0.2, 0.25) is 0 Å². The molecule has 5 heteroatoms. The summed E-state index contributed by atoms with van der Waals surface area (Å²) < 4.78 is 2.37. The van der Waals surface area contributed by atoms with E-state index >= 15 is 0 Å². The van der Waals surface area contributed by atoms with Crippen molar-refractivity contribution in [1.82, 2.24) is 14.5 Å². The highest BCUT2D eigenvalue weighted by Crippen LogP contribution is 2.26. The van der Waals surface area contributed by atoms with Crippen LogP contribution in [0.3, 0.4) is 0 Å². The van der Waals surface area contributed by atoms with Crippen molar-refractivity contribution in [2.24, 2.45) is 0 Å². The SMILES string of the molecule is c1csc(CN2CCn3c(-c4ccsc4)cnc3C2)c1. The van der Waals surface area contributed by atoms with Crippen LogP contribution in [0.1, 0.15) is 10.7 Å². The van der Waals surface area contributed by atoms with Gasteiger partial charge < -0.3 is 4.57 Å². The first kappa shape index (κ1) is 12.3. The summed E-state index contributed by atoms with van der Waals surface area (Å²) in [5, 5.41) is 6.47. The maximum Gasteiger partial charge on any atom is 0.123 e. The maximum absolute atomic E-state index is 4.62. The van der Waals surface area contributed by atoms with Gasteiger partial charge in [-0.25, -0.2) is 4.98 Å². The molecule has 0 saturated carbocycles. The smallest absolute Gasteiger partial charge is 0.123 e. The molecule has 3 aromatic heterocycles.